The predicted molar refractivity (Wildman–Crippen MR) is 123 cm³/mol. The third-order valence-electron chi connectivity index (χ3n) is 4.83. The van der Waals surface area contributed by atoms with Crippen LogP contribution in [0, 0.1) is 6.92 Å². The molecule has 2 aromatic rings. The predicted octanol–water partition coefficient (Wildman–Crippen LogP) is 4.43. The van der Waals surface area contributed by atoms with E-state index in [0.29, 0.717) is 19.5 Å². The number of hydrogen-bond donors (Lipinski definition) is 1. The summed E-state index contributed by atoms with van der Waals surface area (Å²) in [7, 11) is 1.62. The van der Waals surface area contributed by atoms with Crippen LogP contribution in [-0.2, 0) is 16.1 Å². The smallest absolute Gasteiger partial charge is 0.242 e. The van der Waals surface area contributed by atoms with Crippen molar-refractivity contribution in [1.29, 1.82) is 0 Å². The Bertz CT molecular complexity index is 806. The Morgan fingerprint density at radius 3 is 2.30 bits per heavy atom. The van der Waals surface area contributed by atoms with Crippen LogP contribution >= 0.6 is 11.8 Å². The maximum Gasteiger partial charge on any atom is 0.242 e. The molecule has 5 nitrogen and oxygen atoms in total. The Labute approximate surface area is 184 Å². The minimum absolute atomic E-state index is 0.0464. The summed E-state index contributed by atoms with van der Waals surface area (Å²) >= 11 is 1.50. The van der Waals surface area contributed by atoms with Crippen molar-refractivity contribution in [3.8, 4) is 5.75 Å². The van der Waals surface area contributed by atoms with Crippen molar-refractivity contribution in [2.45, 2.75) is 51.1 Å². The highest BCUT2D eigenvalue weighted by atomic mass is 32.2. The third-order valence-corrected chi connectivity index (χ3v) is 5.83. The molecule has 162 valence electrons. The number of amides is 2. The highest BCUT2D eigenvalue weighted by Crippen LogP contribution is 2.21. The lowest BCUT2D eigenvalue weighted by Gasteiger charge is -2.30. The zero-order chi connectivity index (χ0) is 21.9. The molecule has 30 heavy (non-hydrogen) atoms. The Morgan fingerprint density at radius 2 is 1.73 bits per heavy atom. The second-order valence-corrected chi connectivity index (χ2v) is 8.24. The van der Waals surface area contributed by atoms with Gasteiger partial charge in [-0.1, -0.05) is 43.7 Å². The number of ether oxygens (including phenoxy) is 1. The summed E-state index contributed by atoms with van der Waals surface area (Å²) in [6, 6.07) is 15.2. The molecule has 2 amide bonds. The van der Waals surface area contributed by atoms with Gasteiger partial charge in [0.25, 0.3) is 0 Å². The lowest BCUT2D eigenvalue weighted by molar-refractivity contribution is -0.139. The molecule has 1 N–H and O–H groups in total. The third kappa shape index (κ3) is 7.10. The van der Waals surface area contributed by atoms with E-state index in [4.69, 9.17) is 4.74 Å². The van der Waals surface area contributed by atoms with E-state index in [0.717, 1.165) is 22.6 Å². The number of carbonyl (C=O) groups is 2. The maximum absolute atomic E-state index is 13.2. The summed E-state index contributed by atoms with van der Waals surface area (Å²) in [6.07, 6.45) is 1.42. The lowest BCUT2D eigenvalue weighted by Crippen LogP contribution is -2.49. The number of aryl methyl sites for hydroxylation is 1. The Kier molecular flexibility index (Phi) is 9.74. The zero-order valence-corrected chi connectivity index (χ0v) is 19.1. The number of methoxy groups -OCH3 is 1. The molecule has 0 aromatic heterocycles. The Morgan fingerprint density at radius 1 is 1.07 bits per heavy atom. The first-order chi connectivity index (χ1) is 14.5. The van der Waals surface area contributed by atoms with Crippen LogP contribution in [0.15, 0.2) is 53.4 Å². The fourth-order valence-corrected chi connectivity index (χ4v) is 3.86. The van der Waals surface area contributed by atoms with Crippen LogP contribution in [0.3, 0.4) is 0 Å². The van der Waals surface area contributed by atoms with E-state index < -0.39 is 6.04 Å². The van der Waals surface area contributed by atoms with E-state index in [1.165, 1.54) is 17.3 Å². The number of carbonyl (C=O) groups excluding carboxylic acids is 2. The average molecular weight is 429 g/mol. The van der Waals surface area contributed by atoms with Gasteiger partial charge in [0.05, 0.1) is 12.9 Å². The monoisotopic (exact) mass is 428 g/mol. The number of hydrogen-bond acceptors (Lipinski definition) is 4. The molecule has 0 unspecified atom stereocenters. The van der Waals surface area contributed by atoms with Crippen LogP contribution in [-0.4, -0.2) is 42.2 Å². The molecule has 0 fully saturated rings. The highest BCUT2D eigenvalue weighted by Gasteiger charge is 2.28. The molecule has 2 aromatic carbocycles. The second kappa shape index (κ2) is 12.3. The Balaban J connectivity index is 2.17. The first kappa shape index (κ1) is 23.8. The average Bonchev–Trinajstić information content (AvgIpc) is 2.77. The van der Waals surface area contributed by atoms with Gasteiger partial charge in [-0.25, -0.2) is 0 Å². The molecule has 0 heterocycles. The Hall–Kier alpha value is -2.47. The second-order valence-electron chi connectivity index (χ2n) is 7.19. The minimum atomic E-state index is -0.496. The molecule has 0 aliphatic carbocycles. The van der Waals surface area contributed by atoms with Gasteiger partial charge in [0.15, 0.2) is 0 Å². The fraction of sp³-hybridized carbons (Fsp3) is 0.417. The SMILES string of the molecule is CCCNC(=O)[C@@H](CC)N(Cc1ccc(OC)cc1)C(=O)CSc1ccc(C)cc1. The summed E-state index contributed by atoms with van der Waals surface area (Å²) in [5, 5.41) is 2.94. The summed E-state index contributed by atoms with van der Waals surface area (Å²) in [4.78, 5) is 28.7. The van der Waals surface area contributed by atoms with Gasteiger partial charge in [0.2, 0.25) is 11.8 Å². The molecule has 0 radical (unpaired) electrons. The molecule has 2 rings (SSSR count). The number of nitrogens with one attached hydrogen (secondary N) is 1. The number of nitrogens with zero attached hydrogens (tertiary/aromatic N) is 1. The van der Waals surface area contributed by atoms with Crippen molar-refractivity contribution in [3.05, 3.63) is 59.7 Å². The van der Waals surface area contributed by atoms with E-state index in [1.54, 1.807) is 12.0 Å². The molecule has 0 saturated heterocycles. The normalized spacial score (nSPS) is 11.6. The first-order valence-corrected chi connectivity index (χ1v) is 11.4. The largest absolute Gasteiger partial charge is 0.497 e. The molecule has 0 spiro atoms. The number of rotatable bonds is 11. The van der Waals surface area contributed by atoms with Crippen LogP contribution in [0.1, 0.15) is 37.8 Å². The van der Waals surface area contributed by atoms with Gasteiger partial charge in [0, 0.05) is 18.0 Å². The van der Waals surface area contributed by atoms with Crippen LogP contribution in [0.25, 0.3) is 0 Å². The van der Waals surface area contributed by atoms with Crippen molar-refractivity contribution in [1.82, 2.24) is 10.2 Å². The standard InChI is InChI=1S/C24H32N2O3S/c1-5-15-25-24(28)22(6-2)26(16-19-9-11-20(29-4)12-10-19)23(27)17-30-21-13-7-18(3)8-14-21/h7-14,22H,5-6,15-17H2,1-4H3,(H,25,28)/t22-/m1/s1. The molecular weight excluding hydrogens is 396 g/mol. The van der Waals surface area contributed by atoms with Gasteiger partial charge in [-0.3, -0.25) is 9.59 Å². The van der Waals surface area contributed by atoms with Gasteiger partial charge < -0.3 is 15.0 Å². The van der Waals surface area contributed by atoms with E-state index in [1.807, 2.05) is 69.3 Å². The van der Waals surface area contributed by atoms with Crippen LogP contribution in [0.5, 0.6) is 5.75 Å². The van der Waals surface area contributed by atoms with E-state index >= 15 is 0 Å². The molecular formula is C24H32N2O3S. The van der Waals surface area contributed by atoms with E-state index in [2.05, 4.69) is 5.32 Å². The quantitative estimate of drug-likeness (QED) is 0.538. The van der Waals surface area contributed by atoms with Gasteiger partial charge in [0.1, 0.15) is 11.8 Å². The summed E-state index contributed by atoms with van der Waals surface area (Å²) in [5.41, 5.74) is 2.15. The van der Waals surface area contributed by atoms with Crippen molar-refractivity contribution >= 4 is 23.6 Å². The lowest BCUT2D eigenvalue weighted by atomic mass is 10.1. The van der Waals surface area contributed by atoms with Crippen molar-refractivity contribution < 1.29 is 14.3 Å². The zero-order valence-electron chi connectivity index (χ0n) is 18.3. The van der Waals surface area contributed by atoms with Crippen molar-refractivity contribution in [3.63, 3.8) is 0 Å². The van der Waals surface area contributed by atoms with Crippen LogP contribution in [0.2, 0.25) is 0 Å². The maximum atomic E-state index is 13.2. The molecule has 0 aliphatic rings. The van der Waals surface area contributed by atoms with Crippen LogP contribution < -0.4 is 10.1 Å². The van der Waals surface area contributed by atoms with Crippen molar-refractivity contribution in [2.75, 3.05) is 19.4 Å². The van der Waals surface area contributed by atoms with Gasteiger partial charge >= 0.3 is 0 Å². The number of benzene rings is 2. The molecule has 0 saturated carbocycles. The number of thioether (sulfide) groups is 1. The summed E-state index contributed by atoms with van der Waals surface area (Å²) < 4.78 is 5.22. The van der Waals surface area contributed by atoms with Gasteiger partial charge in [-0.2, -0.15) is 0 Å². The first-order valence-electron chi connectivity index (χ1n) is 10.4. The summed E-state index contributed by atoms with van der Waals surface area (Å²) in [6.45, 7) is 6.99. The van der Waals surface area contributed by atoms with Crippen molar-refractivity contribution in [2.24, 2.45) is 0 Å². The highest BCUT2D eigenvalue weighted by molar-refractivity contribution is 8.00. The van der Waals surface area contributed by atoms with Gasteiger partial charge in [-0.05, 0) is 49.6 Å². The van der Waals surface area contributed by atoms with Crippen LogP contribution in [0.4, 0.5) is 0 Å². The van der Waals surface area contributed by atoms with E-state index in [9.17, 15) is 9.59 Å². The van der Waals surface area contributed by atoms with Gasteiger partial charge in [-0.15, -0.1) is 11.8 Å². The fourth-order valence-electron chi connectivity index (χ4n) is 3.08. The van der Waals surface area contributed by atoms with E-state index in [-0.39, 0.29) is 17.6 Å². The molecule has 6 heteroatoms. The molecule has 0 aliphatic heterocycles. The topological polar surface area (TPSA) is 58.6 Å². The summed E-state index contributed by atoms with van der Waals surface area (Å²) in [5.74, 6) is 0.910. The molecule has 0 bridgehead atoms. The molecule has 1 atom stereocenters. The minimum Gasteiger partial charge on any atom is -0.497 e.